The zero-order valence-electron chi connectivity index (χ0n) is 17.2. The Morgan fingerprint density at radius 2 is 1.71 bits per heavy atom. The Balaban J connectivity index is 1.78. The average molecular weight is 458 g/mol. The van der Waals surface area contributed by atoms with Crippen molar-refractivity contribution in [2.45, 2.75) is 30.4 Å². The van der Waals surface area contributed by atoms with Crippen LogP contribution in [0.1, 0.15) is 17.5 Å². The first-order valence-corrected chi connectivity index (χ1v) is 11.9. The number of thioether (sulfide) groups is 1. The normalized spacial score (nSPS) is 17.7. The molecule has 0 aliphatic carbocycles. The number of sulfonamides is 1. The van der Waals surface area contributed by atoms with E-state index in [4.69, 9.17) is 0 Å². The Morgan fingerprint density at radius 3 is 2.29 bits per heavy atom. The first-order chi connectivity index (χ1) is 14.7. The molecule has 1 unspecified atom stereocenters. The summed E-state index contributed by atoms with van der Waals surface area (Å²) in [6, 6.07) is 13.6. The Kier molecular flexibility index (Phi) is 6.97. The summed E-state index contributed by atoms with van der Waals surface area (Å²) in [5.41, 5.74) is 2.62. The number of hydrogen-bond donors (Lipinski definition) is 1. The van der Waals surface area contributed by atoms with Gasteiger partial charge < -0.3 is 5.32 Å². The fraction of sp³-hybridized carbons (Fsp3) is 0.227. The molecule has 2 aromatic carbocycles. The maximum absolute atomic E-state index is 12.8. The van der Waals surface area contributed by atoms with Crippen molar-refractivity contribution in [3.05, 3.63) is 72.3 Å². The number of benzene rings is 2. The van der Waals surface area contributed by atoms with Crippen molar-refractivity contribution in [3.8, 4) is 0 Å². The molecule has 1 N–H and O–H groups in total. The van der Waals surface area contributed by atoms with Gasteiger partial charge in [0.1, 0.15) is 5.25 Å². The van der Waals surface area contributed by atoms with Crippen LogP contribution in [-0.2, 0) is 19.6 Å². The molecular weight excluding hydrogens is 434 g/mol. The Morgan fingerprint density at radius 1 is 1.13 bits per heavy atom. The highest BCUT2D eigenvalue weighted by Gasteiger charge is 2.39. The zero-order chi connectivity index (χ0) is 22.6. The number of hydrogen-bond acceptors (Lipinski definition) is 5. The van der Waals surface area contributed by atoms with Crippen molar-refractivity contribution >= 4 is 44.5 Å². The van der Waals surface area contributed by atoms with Crippen molar-refractivity contribution in [1.82, 2.24) is 4.90 Å². The lowest BCUT2D eigenvalue weighted by molar-refractivity contribution is -0.127. The third-order valence-corrected chi connectivity index (χ3v) is 7.13. The van der Waals surface area contributed by atoms with Gasteiger partial charge in [-0.05, 0) is 38.1 Å². The van der Waals surface area contributed by atoms with E-state index in [0.29, 0.717) is 5.69 Å². The summed E-state index contributed by atoms with van der Waals surface area (Å²) < 4.78 is 29.3. The van der Waals surface area contributed by atoms with Crippen LogP contribution in [0.25, 0.3) is 0 Å². The molecule has 162 valence electrons. The molecule has 1 atom stereocenters. The smallest absolute Gasteiger partial charge is 0.284 e. The predicted molar refractivity (Wildman–Crippen MR) is 124 cm³/mol. The van der Waals surface area contributed by atoms with Gasteiger partial charge in [-0.1, -0.05) is 53.2 Å². The first kappa shape index (κ1) is 22.8. The van der Waals surface area contributed by atoms with E-state index in [0.717, 1.165) is 22.9 Å². The highest BCUT2D eigenvalue weighted by molar-refractivity contribution is 8.16. The second-order valence-electron chi connectivity index (χ2n) is 7.12. The number of carbonyl (C=O) groups excluding carboxylic acids is 2. The molecule has 9 heteroatoms. The van der Waals surface area contributed by atoms with Crippen molar-refractivity contribution in [2.24, 2.45) is 4.40 Å². The van der Waals surface area contributed by atoms with Gasteiger partial charge in [0.15, 0.2) is 5.17 Å². The first-order valence-electron chi connectivity index (χ1n) is 9.56. The van der Waals surface area contributed by atoms with Crippen LogP contribution >= 0.6 is 11.8 Å². The lowest BCUT2D eigenvalue weighted by Gasteiger charge is -2.13. The number of anilines is 1. The van der Waals surface area contributed by atoms with E-state index < -0.39 is 15.3 Å². The van der Waals surface area contributed by atoms with Crippen molar-refractivity contribution in [3.63, 3.8) is 0 Å². The summed E-state index contributed by atoms with van der Waals surface area (Å²) >= 11 is 0.971. The number of amidine groups is 1. The largest absolute Gasteiger partial charge is 0.326 e. The number of aryl methyl sites for hydroxylation is 2. The standard InChI is InChI=1S/C22H23N3O4S2/c1-4-13-25-21(27)19(14-20(26)23-17-9-5-15(2)6-10-17)30-22(25)24-31(28,29)18-11-7-16(3)8-12-18/h4-12,19H,1,13-14H2,2-3H3,(H,23,26)/b24-22+. The van der Waals surface area contributed by atoms with E-state index in [-0.39, 0.29) is 34.8 Å². The van der Waals surface area contributed by atoms with E-state index >= 15 is 0 Å². The van der Waals surface area contributed by atoms with Gasteiger partial charge in [0, 0.05) is 18.7 Å². The van der Waals surface area contributed by atoms with E-state index in [1.54, 1.807) is 24.3 Å². The maximum Gasteiger partial charge on any atom is 0.284 e. The van der Waals surface area contributed by atoms with Gasteiger partial charge in [-0.3, -0.25) is 14.5 Å². The summed E-state index contributed by atoms with van der Waals surface area (Å²) in [4.78, 5) is 26.5. The number of carbonyl (C=O) groups is 2. The van der Waals surface area contributed by atoms with Gasteiger partial charge in [-0.25, -0.2) is 0 Å². The minimum Gasteiger partial charge on any atom is -0.326 e. The summed E-state index contributed by atoms with van der Waals surface area (Å²) in [6.45, 7) is 7.52. The fourth-order valence-corrected chi connectivity index (χ4v) is 5.25. The molecular formula is C22H23N3O4S2. The molecule has 0 bridgehead atoms. The van der Waals surface area contributed by atoms with Gasteiger partial charge in [-0.2, -0.15) is 8.42 Å². The Hall–Kier alpha value is -2.91. The zero-order valence-corrected chi connectivity index (χ0v) is 18.9. The summed E-state index contributed by atoms with van der Waals surface area (Å²) in [5, 5.41) is 2.03. The van der Waals surface area contributed by atoms with E-state index in [9.17, 15) is 18.0 Å². The molecule has 7 nitrogen and oxygen atoms in total. The van der Waals surface area contributed by atoms with E-state index in [1.165, 1.54) is 23.1 Å². The molecule has 2 amide bonds. The summed E-state index contributed by atoms with van der Waals surface area (Å²) in [7, 11) is -4.00. The van der Waals surface area contributed by atoms with Gasteiger partial charge in [0.2, 0.25) is 11.8 Å². The lowest BCUT2D eigenvalue weighted by Crippen LogP contribution is -2.33. The van der Waals surface area contributed by atoms with Crippen LogP contribution in [0.15, 0.2) is 70.5 Å². The monoisotopic (exact) mass is 457 g/mol. The summed E-state index contributed by atoms with van der Waals surface area (Å²) in [5.74, 6) is -0.710. The highest BCUT2D eigenvalue weighted by Crippen LogP contribution is 2.31. The lowest BCUT2D eigenvalue weighted by atomic mass is 10.2. The molecule has 0 aromatic heterocycles. The van der Waals surface area contributed by atoms with E-state index in [1.807, 2.05) is 26.0 Å². The molecule has 3 rings (SSSR count). The van der Waals surface area contributed by atoms with Gasteiger partial charge in [-0.15, -0.1) is 11.0 Å². The molecule has 1 aliphatic rings. The minimum absolute atomic E-state index is 0.0396. The minimum atomic E-state index is -4.00. The number of nitrogens with one attached hydrogen (secondary N) is 1. The number of nitrogens with zero attached hydrogens (tertiary/aromatic N) is 2. The molecule has 0 spiro atoms. The van der Waals surface area contributed by atoms with Crippen LogP contribution in [0.5, 0.6) is 0 Å². The van der Waals surface area contributed by atoms with Crippen LogP contribution in [0.4, 0.5) is 5.69 Å². The van der Waals surface area contributed by atoms with Gasteiger partial charge >= 0.3 is 0 Å². The summed E-state index contributed by atoms with van der Waals surface area (Å²) in [6.07, 6.45) is 1.38. The third kappa shape index (κ3) is 5.62. The van der Waals surface area contributed by atoms with Gasteiger partial charge in [0.25, 0.3) is 10.0 Å². The molecule has 2 aromatic rings. The molecule has 1 fully saturated rings. The molecule has 0 saturated carbocycles. The molecule has 1 aliphatic heterocycles. The third-order valence-electron chi connectivity index (χ3n) is 4.55. The second-order valence-corrected chi connectivity index (χ2v) is 9.90. The van der Waals surface area contributed by atoms with Crippen LogP contribution in [-0.4, -0.2) is 42.1 Å². The van der Waals surface area contributed by atoms with Crippen LogP contribution < -0.4 is 5.32 Å². The predicted octanol–water partition coefficient (Wildman–Crippen LogP) is 3.51. The maximum atomic E-state index is 12.8. The number of rotatable bonds is 7. The Bertz CT molecular complexity index is 1120. The molecule has 1 heterocycles. The topological polar surface area (TPSA) is 95.9 Å². The van der Waals surface area contributed by atoms with Crippen molar-refractivity contribution < 1.29 is 18.0 Å². The quantitative estimate of drug-likeness (QED) is 0.642. The average Bonchev–Trinajstić information content (AvgIpc) is 2.98. The molecule has 31 heavy (non-hydrogen) atoms. The van der Waals surface area contributed by atoms with Crippen molar-refractivity contribution in [1.29, 1.82) is 0 Å². The highest BCUT2D eigenvalue weighted by atomic mass is 32.2. The van der Waals surface area contributed by atoms with Crippen LogP contribution in [0.3, 0.4) is 0 Å². The second kappa shape index (κ2) is 9.49. The van der Waals surface area contributed by atoms with Gasteiger partial charge in [0.05, 0.1) is 4.90 Å². The van der Waals surface area contributed by atoms with Crippen LogP contribution in [0, 0.1) is 13.8 Å². The molecule has 0 radical (unpaired) electrons. The number of amides is 2. The SMILES string of the molecule is C=CCN1C(=O)C(CC(=O)Nc2ccc(C)cc2)S/C1=N/S(=O)(=O)c1ccc(C)cc1. The van der Waals surface area contributed by atoms with Crippen molar-refractivity contribution in [2.75, 3.05) is 11.9 Å². The van der Waals surface area contributed by atoms with Crippen LogP contribution in [0.2, 0.25) is 0 Å². The Labute approximate surface area is 186 Å². The fourth-order valence-electron chi connectivity index (χ4n) is 2.89. The van der Waals surface area contributed by atoms with E-state index in [2.05, 4.69) is 16.3 Å². The molecule has 1 saturated heterocycles.